The summed E-state index contributed by atoms with van der Waals surface area (Å²) in [6.07, 6.45) is 1.64. The maximum Gasteiger partial charge on any atom is 0.335 e. The van der Waals surface area contributed by atoms with Crippen molar-refractivity contribution in [3.8, 4) is 5.75 Å². The molecule has 0 saturated carbocycles. The number of aliphatic imine (C=N–C) groups is 1. The van der Waals surface area contributed by atoms with Gasteiger partial charge in [-0.2, -0.15) is 0 Å². The molecule has 0 spiro atoms. The Morgan fingerprint density at radius 3 is 2.46 bits per heavy atom. The molecule has 1 N–H and O–H groups in total. The van der Waals surface area contributed by atoms with Crippen molar-refractivity contribution in [2.45, 2.75) is 6.92 Å². The SMILES string of the molecule is CCOc1ccc(N2C(=O)/C(=C/c3ccc(C(=O)O)cc3)N=C2c2sc3ccccc3c2Cl)cc1. The molecule has 4 aromatic rings. The van der Waals surface area contributed by atoms with Gasteiger partial charge < -0.3 is 9.84 Å². The number of anilines is 1. The van der Waals surface area contributed by atoms with Crippen molar-refractivity contribution in [2.75, 3.05) is 11.5 Å². The average molecular weight is 503 g/mol. The molecule has 0 aliphatic carbocycles. The molecule has 0 unspecified atom stereocenters. The predicted octanol–water partition coefficient (Wildman–Crippen LogP) is 6.49. The van der Waals surface area contributed by atoms with E-state index in [1.807, 2.05) is 55.5 Å². The molecule has 0 fully saturated rings. The number of thiophene rings is 1. The minimum absolute atomic E-state index is 0.169. The van der Waals surface area contributed by atoms with Crippen LogP contribution in [0, 0.1) is 0 Å². The van der Waals surface area contributed by atoms with Gasteiger partial charge in [-0.3, -0.25) is 9.69 Å². The van der Waals surface area contributed by atoms with Gasteiger partial charge in [0.05, 0.1) is 27.8 Å². The molecule has 8 heteroatoms. The fraction of sp³-hybridized carbons (Fsp3) is 0.0741. The third-order valence-electron chi connectivity index (χ3n) is 5.47. The quantitative estimate of drug-likeness (QED) is 0.306. The molecule has 0 bridgehead atoms. The number of amidine groups is 1. The molecule has 174 valence electrons. The first-order valence-electron chi connectivity index (χ1n) is 10.8. The van der Waals surface area contributed by atoms with Crippen LogP contribution in [0.15, 0.2) is 83.5 Å². The Labute approximate surface area is 210 Å². The zero-order valence-electron chi connectivity index (χ0n) is 18.6. The molecule has 0 saturated heterocycles. The summed E-state index contributed by atoms with van der Waals surface area (Å²) in [6, 6.07) is 21.3. The number of hydrogen-bond acceptors (Lipinski definition) is 5. The molecule has 35 heavy (non-hydrogen) atoms. The topological polar surface area (TPSA) is 79.2 Å². The standard InChI is InChI=1S/C27H19ClN2O4S/c1-2-34-19-13-11-18(12-14-19)30-25(24-23(28)20-5-3-4-6-22(20)35-24)29-21(26(30)31)15-16-7-9-17(10-8-16)27(32)33/h3-15H,2H2,1H3,(H,32,33)/b21-15-. The molecule has 1 aliphatic heterocycles. The van der Waals surface area contributed by atoms with Gasteiger partial charge in [-0.1, -0.05) is 41.9 Å². The highest BCUT2D eigenvalue weighted by atomic mass is 35.5. The minimum atomic E-state index is -1.01. The number of rotatable bonds is 6. The third-order valence-corrected chi connectivity index (χ3v) is 7.14. The molecule has 1 aliphatic rings. The summed E-state index contributed by atoms with van der Waals surface area (Å²) in [6.45, 7) is 2.45. The molecule has 6 nitrogen and oxygen atoms in total. The Hall–Kier alpha value is -3.94. The van der Waals surface area contributed by atoms with Crippen molar-refractivity contribution in [2.24, 2.45) is 4.99 Å². The van der Waals surface area contributed by atoms with Crippen LogP contribution < -0.4 is 9.64 Å². The van der Waals surface area contributed by atoms with Crippen LogP contribution in [0.25, 0.3) is 16.2 Å². The van der Waals surface area contributed by atoms with Gasteiger partial charge in [-0.15, -0.1) is 11.3 Å². The van der Waals surface area contributed by atoms with Gasteiger partial charge in [0.15, 0.2) is 5.84 Å². The summed E-state index contributed by atoms with van der Waals surface area (Å²) >= 11 is 8.23. The minimum Gasteiger partial charge on any atom is -0.494 e. The second kappa shape index (κ2) is 9.37. The van der Waals surface area contributed by atoms with Crippen LogP contribution in [-0.2, 0) is 4.79 Å². The van der Waals surface area contributed by atoms with Crippen LogP contribution in [0.4, 0.5) is 5.69 Å². The number of carboxylic acid groups (broad SMARTS) is 1. The van der Waals surface area contributed by atoms with E-state index in [-0.39, 0.29) is 17.2 Å². The predicted molar refractivity (Wildman–Crippen MR) is 140 cm³/mol. The van der Waals surface area contributed by atoms with Crippen molar-refractivity contribution in [1.82, 2.24) is 0 Å². The largest absolute Gasteiger partial charge is 0.494 e. The van der Waals surface area contributed by atoms with Crippen molar-refractivity contribution < 1.29 is 19.4 Å². The zero-order valence-corrected chi connectivity index (χ0v) is 20.1. The van der Waals surface area contributed by atoms with Crippen molar-refractivity contribution in [3.63, 3.8) is 0 Å². The van der Waals surface area contributed by atoms with Gasteiger partial charge in [0.1, 0.15) is 11.4 Å². The number of carbonyl (C=O) groups is 2. The van der Waals surface area contributed by atoms with E-state index < -0.39 is 5.97 Å². The van der Waals surface area contributed by atoms with Crippen molar-refractivity contribution in [1.29, 1.82) is 0 Å². The molecule has 1 amide bonds. The van der Waals surface area contributed by atoms with Gasteiger partial charge in [0.25, 0.3) is 5.91 Å². The lowest BCUT2D eigenvalue weighted by atomic mass is 10.1. The van der Waals surface area contributed by atoms with E-state index >= 15 is 0 Å². The molecular formula is C27H19ClN2O4S. The van der Waals surface area contributed by atoms with E-state index in [2.05, 4.69) is 0 Å². The third kappa shape index (κ3) is 4.32. The van der Waals surface area contributed by atoms with E-state index in [0.29, 0.717) is 39.3 Å². The number of carbonyl (C=O) groups excluding carboxylic acids is 1. The summed E-state index contributed by atoms with van der Waals surface area (Å²) < 4.78 is 6.54. The number of amides is 1. The normalized spacial score (nSPS) is 14.6. The number of benzene rings is 3. The lowest BCUT2D eigenvalue weighted by Gasteiger charge is -2.18. The number of hydrogen-bond donors (Lipinski definition) is 1. The van der Waals surface area contributed by atoms with Crippen molar-refractivity contribution in [3.05, 3.63) is 99.5 Å². The summed E-state index contributed by atoms with van der Waals surface area (Å²) in [5, 5.41) is 10.6. The van der Waals surface area contributed by atoms with Crippen LogP contribution in [0.3, 0.4) is 0 Å². The van der Waals surface area contributed by atoms with Gasteiger partial charge >= 0.3 is 5.97 Å². The monoisotopic (exact) mass is 502 g/mol. The number of aromatic carboxylic acids is 1. The smallest absolute Gasteiger partial charge is 0.335 e. The molecule has 5 rings (SSSR count). The van der Waals surface area contributed by atoms with Crippen LogP contribution >= 0.6 is 22.9 Å². The average Bonchev–Trinajstić information content (AvgIpc) is 3.37. The highest BCUT2D eigenvalue weighted by Crippen LogP contribution is 2.39. The van der Waals surface area contributed by atoms with Gasteiger partial charge in [0, 0.05) is 10.1 Å². The highest BCUT2D eigenvalue weighted by Gasteiger charge is 2.35. The Bertz CT molecular complexity index is 1500. The molecule has 3 aromatic carbocycles. The fourth-order valence-corrected chi connectivity index (χ4v) is 5.30. The summed E-state index contributed by atoms with van der Waals surface area (Å²) in [7, 11) is 0. The first-order chi connectivity index (χ1) is 17.0. The number of ether oxygens (including phenoxy) is 1. The number of halogens is 1. The Kier molecular flexibility index (Phi) is 6.11. The van der Waals surface area contributed by atoms with E-state index in [4.69, 9.17) is 26.4 Å². The van der Waals surface area contributed by atoms with E-state index in [0.717, 1.165) is 10.1 Å². The molecular weight excluding hydrogens is 484 g/mol. The number of carboxylic acids is 1. The van der Waals surface area contributed by atoms with Gasteiger partial charge in [-0.05, 0) is 61.0 Å². The van der Waals surface area contributed by atoms with Gasteiger partial charge in [0.2, 0.25) is 0 Å². The first-order valence-corrected chi connectivity index (χ1v) is 12.0. The van der Waals surface area contributed by atoms with E-state index in [1.165, 1.54) is 23.5 Å². The maximum absolute atomic E-state index is 13.6. The summed E-state index contributed by atoms with van der Waals surface area (Å²) in [5.41, 5.74) is 1.69. The fourth-order valence-electron chi connectivity index (χ4n) is 3.80. The van der Waals surface area contributed by atoms with Crippen LogP contribution in [0.1, 0.15) is 27.7 Å². The zero-order chi connectivity index (χ0) is 24.5. The molecule has 0 atom stereocenters. The maximum atomic E-state index is 13.6. The molecule has 1 aromatic heterocycles. The summed E-state index contributed by atoms with van der Waals surface area (Å²) in [5.74, 6) is -0.170. The van der Waals surface area contributed by atoms with Gasteiger partial charge in [-0.25, -0.2) is 9.79 Å². The Balaban J connectivity index is 1.61. The Morgan fingerprint density at radius 1 is 1.09 bits per heavy atom. The number of fused-ring (bicyclic) bond motifs is 1. The molecule has 0 radical (unpaired) electrons. The van der Waals surface area contributed by atoms with Crippen LogP contribution in [0.5, 0.6) is 5.75 Å². The Morgan fingerprint density at radius 2 is 1.80 bits per heavy atom. The highest BCUT2D eigenvalue weighted by molar-refractivity contribution is 7.21. The number of nitrogens with zero attached hydrogens (tertiary/aromatic N) is 2. The second-order valence-electron chi connectivity index (χ2n) is 7.70. The van der Waals surface area contributed by atoms with E-state index in [9.17, 15) is 9.59 Å². The second-order valence-corrected chi connectivity index (χ2v) is 9.13. The molecule has 2 heterocycles. The van der Waals surface area contributed by atoms with E-state index in [1.54, 1.807) is 23.1 Å². The van der Waals surface area contributed by atoms with Crippen LogP contribution in [-0.4, -0.2) is 29.4 Å². The van der Waals surface area contributed by atoms with Crippen LogP contribution in [0.2, 0.25) is 5.02 Å². The lowest BCUT2D eigenvalue weighted by molar-refractivity contribution is -0.113. The summed E-state index contributed by atoms with van der Waals surface area (Å²) in [4.78, 5) is 31.7. The lowest BCUT2D eigenvalue weighted by Crippen LogP contribution is -2.32. The van der Waals surface area contributed by atoms with Crippen molar-refractivity contribution >= 4 is 62.5 Å². The first kappa shape index (κ1) is 22.8.